The van der Waals surface area contributed by atoms with Crippen molar-refractivity contribution in [3.8, 4) is 16.8 Å². The molecule has 0 unspecified atom stereocenters. The van der Waals surface area contributed by atoms with Crippen LogP contribution in [-0.4, -0.2) is 14.1 Å². The van der Waals surface area contributed by atoms with Gasteiger partial charge in [0.15, 0.2) is 0 Å². The van der Waals surface area contributed by atoms with Crippen LogP contribution < -0.4 is 5.19 Å². The predicted molar refractivity (Wildman–Crippen MR) is 125 cm³/mol. The van der Waals surface area contributed by atoms with E-state index in [1.54, 1.807) is 0 Å². The van der Waals surface area contributed by atoms with Crippen LogP contribution in [0.1, 0.15) is 5.56 Å². The summed E-state index contributed by atoms with van der Waals surface area (Å²) >= 11 is 0. The van der Waals surface area contributed by atoms with Crippen LogP contribution in [0.2, 0.25) is 6.55 Å². The molecule has 4 aromatic carbocycles. The molecule has 2 heteroatoms. The lowest BCUT2D eigenvalue weighted by atomic mass is 10.0. The number of benzene rings is 4. The summed E-state index contributed by atoms with van der Waals surface area (Å²) in [5, 5.41) is 4.21. The van der Waals surface area contributed by atoms with Crippen LogP contribution in [-0.2, 0) is 0 Å². The van der Waals surface area contributed by atoms with Crippen LogP contribution in [0, 0.1) is 6.92 Å². The van der Waals surface area contributed by atoms with E-state index in [2.05, 4.69) is 109 Å². The van der Waals surface area contributed by atoms with Gasteiger partial charge in [-0.3, -0.25) is 0 Å². The molecule has 0 aliphatic heterocycles. The fourth-order valence-corrected chi connectivity index (χ4v) is 4.83. The molecule has 0 aliphatic carbocycles. The SMILES string of the molecule is C[SiH2]c1ccc2c(c1)c1cc(-c3ccc(C)cc3)ccc1n2-c1ccccc1. The molecule has 5 aromatic rings. The molecule has 0 fully saturated rings. The third-order valence-corrected chi connectivity index (χ3v) is 6.89. The van der Waals surface area contributed by atoms with E-state index in [-0.39, 0.29) is 9.52 Å². The molecule has 1 nitrogen and oxygen atoms in total. The second-order valence-corrected chi connectivity index (χ2v) is 9.00. The van der Waals surface area contributed by atoms with Crippen molar-refractivity contribution in [2.75, 3.05) is 0 Å². The molecule has 0 N–H and O–H groups in total. The van der Waals surface area contributed by atoms with Crippen LogP contribution in [0.15, 0.2) is 91.0 Å². The zero-order valence-corrected chi connectivity index (χ0v) is 17.7. The van der Waals surface area contributed by atoms with Gasteiger partial charge in [0, 0.05) is 16.5 Å². The Morgan fingerprint density at radius 3 is 2.00 bits per heavy atom. The standard InChI is InChI=1S/C26H23NSi/c1-18-8-10-19(11-9-18)20-12-14-25-23(16-20)24-17-22(28-2)13-15-26(24)27(25)21-6-4-3-5-7-21/h3-17H,28H2,1-2H3. The van der Waals surface area contributed by atoms with Crippen LogP contribution in [0.25, 0.3) is 38.6 Å². The normalized spacial score (nSPS) is 11.8. The van der Waals surface area contributed by atoms with Crippen LogP contribution >= 0.6 is 0 Å². The van der Waals surface area contributed by atoms with Crippen molar-refractivity contribution in [1.82, 2.24) is 4.57 Å². The number of fused-ring (bicyclic) bond motifs is 3. The summed E-state index contributed by atoms with van der Waals surface area (Å²) in [7, 11) is -0.191. The zero-order chi connectivity index (χ0) is 19.1. The monoisotopic (exact) mass is 377 g/mol. The quantitative estimate of drug-likeness (QED) is 0.361. The topological polar surface area (TPSA) is 4.93 Å². The van der Waals surface area contributed by atoms with E-state index in [0.717, 1.165) is 0 Å². The molecule has 1 aromatic heterocycles. The van der Waals surface area contributed by atoms with E-state index in [0.29, 0.717) is 0 Å². The number of aromatic nitrogens is 1. The molecule has 1 heterocycles. The maximum absolute atomic E-state index is 2.42. The molecule has 136 valence electrons. The van der Waals surface area contributed by atoms with E-state index in [9.17, 15) is 0 Å². The lowest BCUT2D eigenvalue weighted by Crippen LogP contribution is -2.09. The van der Waals surface area contributed by atoms with Crippen LogP contribution in [0.3, 0.4) is 0 Å². The van der Waals surface area contributed by atoms with E-state index >= 15 is 0 Å². The van der Waals surface area contributed by atoms with Crippen molar-refractivity contribution in [3.63, 3.8) is 0 Å². The van der Waals surface area contributed by atoms with E-state index in [4.69, 9.17) is 0 Å². The Morgan fingerprint density at radius 2 is 1.29 bits per heavy atom. The Balaban J connectivity index is 1.83. The first-order valence-electron chi connectivity index (χ1n) is 9.94. The van der Waals surface area contributed by atoms with Crippen molar-refractivity contribution in [3.05, 3.63) is 96.6 Å². The molecule has 5 rings (SSSR count). The number of hydrogen-bond donors (Lipinski definition) is 0. The van der Waals surface area contributed by atoms with E-state index < -0.39 is 0 Å². The summed E-state index contributed by atoms with van der Waals surface area (Å²) in [6.45, 7) is 4.49. The second-order valence-electron chi connectivity index (χ2n) is 7.47. The van der Waals surface area contributed by atoms with Gasteiger partial charge in [0.05, 0.1) is 20.6 Å². The molecule has 0 saturated carbocycles. The molecule has 0 atom stereocenters. The van der Waals surface area contributed by atoms with Crippen molar-refractivity contribution < 1.29 is 0 Å². The molecular weight excluding hydrogens is 354 g/mol. The van der Waals surface area contributed by atoms with Crippen molar-refractivity contribution >= 4 is 36.5 Å². The highest BCUT2D eigenvalue weighted by atomic mass is 28.2. The van der Waals surface area contributed by atoms with Crippen molar-refractivity contribution in [2.24, 2.45) is 0 Å². The minimum Gasteiger partial charge on any atom is -0.309 e. The minimum atomic E-state index is -0.191. The van der Waals surface area contributed by atoms with Gasteiger partial charge >= 0.3 is 0 Å². The first kappa shape index (κ1) is 17.0. The Kier molecular flexibility index (Phi) is 4.14. The molecule has 0 saturated heterocycles. The number of rotatable bonds is 3. The zero-order valence-electron chi connectivity index (χ0n) is 16.3. The van der Waals surface area contributed by atoms with Gasteiger partial charge in [-0.15, -0.1) is 0 Å². The van der Waals surface area contributed by atoms with Crippen molar-refractivity contribution in [2.45, 2.75) is 13.5 Å². The summed E-state index contributed by atoms with van der Waals surface area (Å²) < 4.78 is 2.39. The highest BCUT2D eigenvalue weighted by Gasteiger charge is 2.13. The molecule has 0 bridgehead atoms. The Bertz CT molecular complexity index is 1280. The number of aryl methyl sites for hydroxylation is 1. The largest absolute Gasteiger partial charge is 0.309 e. The molecule has 0 aliphatic rings. The van der Waals surface area contributed by atoms with Gasteiger partial charge < -0.3 is 4.57 Å². The smallest absolute Gasteiger partial charge is 0.0541 e. The molecule has 0 amide bonds. The maximum atomic E-state index is 2.42. The van der Waals surface area contributed by atoms with Gasteiger partial charge in [0.2, 0.25) is 0 Å². The number of hydrogen-bond acceptors (Lipinski definition) is 0. The summed E-state index contributed by atoms with van der Waals surface area (Å²) in [4.78, 5) is 0. The molecule has 0 spiro atoms. The minimum absolute atomic E-state index is 0.191. The maximum Gasteiger partial charge on any atom is 0.0541 e. The van der Waals surface area contributed by atoms with Gasteiger partial charge in [-0.2, -0.15) is 0 Å². The summed E-state index contributed by atoms with van der Waals surface area (Å²) in [6, 6.07) is 33.4. The van der Waals surface area contributed by atoms with Crippen LogP contribution in [0.4, 0.5) is 0 Å². The predicted octanol–water partition coefficient (Wildman–Crippen LogP) is 5.60. The van der Waals surface area contributed by atoms with Crippen LogP contribution in [0.5, 0.6) is 0 Å². The molecule has 0 radical (unpaired) electrons. The average molecular weight is 378 g/mol. The Hall–Kier alpha value is -3.10. The third-order valence-electron chi connectivity index (χ3n) is 5.64. The van der Waals surface area contributed by atoms with Crippen molar-refractivity contribution in [1.29, 1.82) is 0 Å². The fourth-order valence-electron chi connectivity index (χ4n) is 4.07. The highest BCUT2D eigenvalue weighted by molar-refractivity contribution is 6.52. The lowest BCUT2D eigenvalue weighted by Gasteiger charge is -2.08. The Labute approximate surface area is 168 Å². The summed E-state index contributed by atoms with van der Waals surface area (Å²) in [5.74, 6) is 0. The first-order valence-corrected chi connectivity index (χ1v) is 12.1. The Morgan fingerprint density at radius 1 is 0.643 bits per heavy atom. The summed E-state index contributed by atoms with van der Waals surface area (Å²) in [6.07, 6.45) is 0. The van der Waals surface area contributed by atoms with Gasteiger partial charge in [-0.25, -0.2) is 0 Å². The first-order chi connectivity index (χ1) is 13.7. The highest BCUT2D eigenvalue weighted by Crippen LogP contribution is 2.34. The molecular formula is C26H23NSi. The second kappa shape index (κ2) is 6.81. The average Bonchev–Trinajstić information content (AvgIpc) is 3.07. The van der Waals surface area contributed by atoms with Gasteiger partial charge in [0.1, 0.15) is 0 Å². The van der Waals surface area contributed by atoms with E-state index in [1.165, 1.54) is 49.4 Å². The van der Waals surface area contributed by atoms with Gasteiger partial charge in [-0.1, -0.05) is 78.0 Å². The number of nitrogens with zero attached hydrogens (tertiary/aromatic N) is 1. The van der Waals surface area contributed by atoms with E-state index in [1.807, 2.05) is 0 Å². The fraction of sp³-hybridized carbons (Fsp3) is 0.0769. The lowest BCUT2D eigenvalue weighted by molar-refractivity contribution is 1.18. The van der Waals surface area contributed by atoms with Gasteiger partial charge in [0.25, 0.3) is 0 Å². The summed E-state index contributed by atoms with van der Waals surface area (Å²) in [5.41, 5.74) is 7.61. The number of para-hydroxylation sites is 1. The third kappa shape index (κ3) is 2.78. The molecule has 28 heavy (non-hydrogen) atoms. The van der Waals surface area contributed by atoms with Gasteiger partial charge in [-0.05, 0) is 48.4 Å².